The highest BCUT2D eigenvalue weighted by atomic mass is 35.5. The predicted octanol–water partition coefficient (Wildman–Crippen LogP) is 2.09. The van der Waals surface area contributed by atoms with Crippen molar-refractivity contribution >= 4 is 40.3 Å². The number of carbonyl (C=O) groups is 1. The lowest BCUT2D eigenvalue weighted by atomic mass is 10.1. The molecule has 2 N–H and O–H groups in total. The maximum absolute atomic E-state index is 12.6. The van der Waals surface area contributed by atoms with Gasteiger partial charge in [0.25, 0.3) is 5.91 Å². The van der Waals surface area contributed by atoms with Crippen LogP contribution in [-0.2, 0) is 16.6 Å². The number of halogens is 1. The number of aromatic nitrogens is 4. The van der Waals surface area contributed by atoms with Gasteiger partial charge < -0.3 is 20.3 Å². The summed E-state index contributed by atoms with van der Waals surface area (Å²) in [5, 5.41) is 5.85. The molecule has 1 amide bonds. The zero-order chi connectivity index (χ0) is 21.5. The molecule has 9 nitrogen and oxygen atoms in total. The number of hydrogen-bond donors (Lipinski definition) is 1. The molecular weight excluding hydrogens is 418 g/mol. The second kappa shape index (κ2) is 7.97. The van der Waals surface area contributed by atoms with Gasteiger partial charge in [-0.25, -0.2) is 4.98 Å². The number of amides is 1. The molecule has 1 atom stereocenters. The third-order valence-electron chi connectivity index (χ3n) is 5.92. The fourth-order valence-electron chi connectivity index (χ4n) is 4.16. The van der Waals surface area contributed by atoms with Gasteiger partial charge in [-0.2, -0.15) is 10.1 Å². The van der Waals surface area contributed by atoms with E-state index in [2.05, 4.69) is 15.0 Å². The van der Waals surface area contributed by atoms with Crippen LogP contribution in [0.5, 0.6) is 0 Å². The van der Waals surface area contributed by atoms with Crippen LogP contribution < -0.4 is 10.6 Å². The summed E-state index contributed by atoms with van der Waals surface area (Å²) >= 11 is 6.07. The molecule has 4 heterocycles. The number of ether oxygens (including phenoxy) is 1. The molecule has 0 aliphatic carbocycles. The smallest absolute Gasteiger partial charge is 0.251 e. The Bertz CT molecular complexity index is 1120. The molecule has 2 saturated heterocycles. The van der Waals surface area contributed by atoms with Gasteiger partial charge in [-0.1, -0.05) is 23.7 Å². The minimum atomic E-state index is -0.285. The number of fused-ring (bicyclic) bond motifs is 1. The summed E-state index contributed by atoms with van der Waals surface area (Å²) in [5.74, 6) is 1.19. The van der Waals surface area contributed by atoms with E-state index in [4.69, 9.17) is 27.1 Å². The highest BCUT2D eigenvalue weighted by molar-refractivity contribution is 6.30. The number of hydrogen-bond acceptors (Lipinski definition) is 7. The van der Waals surface area contributed by atoms with Crippen molar-refractivity contribution in [2.45, 2.75) is 18.9 Å². The minimum absolute atomic E-state index is 0.0906. The van der Waals surface area contributed by atoms with Gasteiger partial charge in [0, 0.05) is 50.4 Å². The molecule has 0 unspecified atom stereocenters. The SMILES string of the molecule is Cn1nc2nc(N3CCN(C(=O)[C@H]4CCCO4)CC3)nc(-c3ccc(Cl)cc3)c2c1N. The predicted molar refractivity (Wildman–Crippen MR) is 119 cm³/mol. The van der Waals surface area contributed by atoms with Gasteiger partial charge in [0.1, 0.15) is 11.9 Å². The molecule has 2 aliphatic rings. The molecule has 0 saturated carbocycles. The van der Waals surface area contributed by atoms with Crippen LogP contribution in [0.2, 0.25) is 5.02 Å². The van der Waals surface area contributed by atoms with Crippen molar-refractivity contribution in [3.05, 3.63) is 29.3 Å². The number of piperazine rings is 1. The molecule has 3 aromatic rings. The van der Waals surface area contributed by atoms with Crippen molar-refractivity contribution < 1.29 is 9.53 Å². The van der Waals surface area contributed by atoms with Crippen LogP contribution >= 0.6 is 11.6 Å². The molecular formula is C21H24ClN7O2. The van der Waals surface area contributed by atoms with Crippen molar-refractivity contribution in [2.75, 3.05) is 43.4 Å². The molecule has 1 aromatic carbocycles. The normalized spacial score (nSPS) is 19.4. The number of aryl methyl sites for hydroxylation is 1. The molecule has 31 heavy (non-hydrogen) atoms. The maximum Gasteiger partial charge on any atom is 0.251 e. The van der Waals surface area contributed by atoms with E-state index in [9.17, 15) is 4.79 Å². The third kappa shape index (κ3) is 3.68. The summed E-state index contributed by atoms with van der Waals surface area (Å²) in [4.78, 5) is 26.1. The van der Waals surface area contributed by atoms with Gasteiger partial charge in [0.2, 0.25) is 5.95 Å². The van der Waals surface area contributed by atoms with Gasteiger partial charge in [-0.15, -0.1) is 0 Å². The van der Waals surface area contributed by atoms with E-state index in [-0.39, 0.29) is 12.0 Å². The fraction of sp³-hybridized carbons (Fsp3) is 0.429. The number of nitrogens with zero attached hydrogens (tertiary/aromatic N) is 6. The van der Waals surface area contributed by atoms with Gasteiger partial charge in [-0.3, -0.25) is 9.48 Å². The average Bonchev–Trinajstić information content (AvgIpc) is 3.42. The maximum atomic E-state index is 12.6. The topological polar surface area (TPSA) is 102 Å². The first-order valence-corrected chi connectivity index (χ1v) is 10.8. The summed E-state index contributed by atoms with van der Waals surface area (Å²) in [7, 11) is 1.79. The van der Waals surface area contributed by atoms with Crippen LogP contribution in [0.15, 0.2) is 24.3 Å². The molecule has 0 radical (unpaired) electrons. The van der Waals surface area contributed by atoms with Gasteiger partial charge in [-0.05, 0) is 25.0 Å². The Morgan fingerprint density at radius 1 is 1.16 bits per heavy atom. The molecule has 162 valence electrons. The Morgan fingerprint density at radius 3 is 2.58 bits per heavy atom. The van der Waals surface area contributed by atoms with Crippen molar-refractivity contribution in [3.8, 4) is 11.3 Å². The monoisotopic (exact) mass is 441 g/mol. The number of nitrogen functional groups attached to an aromatic ring is 1. The quantitative estimate of drug-likeness (QED) is 0.663. The lowest BCUT2D eigenvalue weighted by molar-refractivity contribution is -0.141. The summed E-state index contributed by atoms with van der Waals surface area (Å²) in [6, 6.07) is 7.48. The molecule has 10 heteroatoms. The Labute approximate surface area is 184 Å². The molecule has 0 bridgehead atoms. The standard InChI is InChI=1S/C21H24ClN7O2/c1-27-18(23)16-17(13-4-6-14(22)7-5-13)24-21(25-19(16)26-27)29-10-8-28(9-11-29)20(30)15-3-2-12-31-15/h4-7,15H,2-3,8-12,23H2,1H3/t15-/m1/s1. The van der Waals surface area contributed by atoms with Crippen LogP contribution in [0.1, 0.15) is 12.8 Å². The number of nitrogens with two attached hydrogens (primary N) is 1. The van der Waals surface area contributed by atoms with E-state index in [0.717, 1.165) is 29.5 Å². The van der Waals surface area contributed by atoms with Crippen LogP contribution in [0.3, 0.4) is 0 Å². The van der Waals surface area contributed by atoms with Gasteiger partial charge in [0.05, 0.1) is 11.1 Å². The van der Waals surface area contributed by atoms with E-state index in [1.807, 2.05) is 29.2 Å². The van der Waals surface area contributed by atoms with E-state index in [0.29, 0.717) is 55.2 Å². The van der Waals surface area contributed by atoms with Gasteiger partial charge in [0.15, 0.2) is 5.65 Å². The molecule has 2 fully saturated rings. The zero-order valence-corrected chi connectivity index (χ0v) is 18.0. The van der Waals surface area contributed by atoms with Crippen molar-refractivity contribution in [2.24, 2.45) is 7.05 Å². The zero-order valence-electron chi connectivity index (χ0n) is 17.3. The van der Waals surface area contributed by atoms with Gasteiger partial charge >= 0.3 is 0 Å². The Kier molecular flexibility index (Phi) is 5.15. The Balaban J connectivity index is 1.44. The Morgan fingerprint density at radius 2 is 1.90 bits per heavy atom. The highest BCUT2D eigenvalue weighted by Gasteiger charge is 2.31. The summed E-state index contributed by atoms with van der Waals surface area (Å²) in [6.07, 6.45) is 1.47. The van der Waals surface area contributed by atoms with E-state index < -0.39 is 0 Å². The summed E-state index contributed by atoms with van der Waals surface area (Å²) < 4.78 is 7.16. The number of anilines is 2. The second-order valence-corrected chi connectivity index (χ2v) is 8.34. The number of rotatable bonds is 3. The number of carbonyl (C=O) groups excluding carboxylic acids is 1. The first-order valence-electron chi connectivity index (χ1n) is 10.4. The lowest BCUT2D eigenvalue weighted by Crippen LogP contribution is -2.51. The summed E-state index contributed by atoms with van der Waals surface area (Å²) in [6.45, 7) is 3.19. The molecule has 5 rings (SSSR count). The van der Waals surface area contributed by atoms with E-state index in [1.165, 1.54) is 0 Å². The molecule has 2 aromatic heterocycles. The van der Waals surface area contributed by atoms with Crippen LogP contribution in [-0.4, -0.2) is 69.4 Å². The van der Waals surface area contributed by atoms with Crippen molar-refractivity contribution in [1.82, 2.24) is 24.6 Å². The average molecular weight is 442 g/mol. The first kappa shape index (κ1) is 20.0. The highest BCUT2D eigenvalue weighted by Crippen LogP contribution is 2.32. The van der Waals surface area contributed by atoms with Crippen LogP contribution in [0, 0.1) is 0 Å². The van der Waals surface area contributed by atoms with Crippen molar-refractivity contribution in [3.63, 3.8) is 0 Å². The van der Waals surface area contributed by atoms with E-state index >= 15 is 0 Å². The van der Waals surface area contributed by atoms with Crippen molar-refractivity contribution in [1.29, 1.82) is 0 Å². The van der Waals surface area contributed by atoms with E-state index in [1.54, 1.807) is 11.7 Å². The second-order valence-electron chi connectivity index (χ2n) is 7.90. The van der Waals surface area contributed by atoms with Crippen LogP contribution in [0.4, 0.5) is 11.8 Å². The Hall–Kier alpha value is -2.91. The summed E-state index contributed by atoms with van der Waals surface area (Å²) in [5.41, 5.74) is 8.44. The molecule has 2 aliphatic heterocycles. The van der Waals surface area contributed by atoms with Crippen LogP contribution in [0.25, 0.3) is 22.3 Å². The lowest BCUT2D eigenvalue weighted by Gasteiger charge is -2.35. The number of benzene rings is 1. The fourth-order valence-corrected chi connectivity index (χ4v) is 4.29. The molecule has 0 spiro atoms. The first-order chi connectivity index (χ1) is 15.0. The third-order valence-corrected chi connectivity index (χ3v) is 6.18. The largest absolute Gasteiger partial charge is 0.383 e. The minimum Gasteiger partial charge on any atom is -0.383 e.